The highest BCUT2D eigenvalue weighted by Gasteiger charge is 2.68. The molecule has 1 saturated carbocycles. The Labute approximate surface area is 159 Å². The molecule has 0 aliphatic heterocycles. The second-order valence-corrected chi connectivity index (χ2v) is 9.63. The van der Waals surface area contributed by atoms with Gasteiger partial charge in [-0.15, -0.1) is 11.3 Å². The molecule has 2 aliphatic carbocycles. The van der Waals surface area contributed by atoms with Crippen molar-refractivity contribution >= 4 is 28.2 Å². The fraction of sp³-hybridized carbons (Fsp3) is 0.700. The molecule has 2 amide bonds. The molecule has 1 aromatic rings. The lowest BCUT2D eigenvalue weighted by Gasteiger charge is -2.13. The Hall–Kier alpha value is -1.40. The van der Waals surface area contributed by atoms with Crippen molar-refractivity contribution in [3.05, 3.63) is 16.0 Å². The normalized spacial score (nSPS) is 20.3. The summed E-state index contributed by atoms with van der Waals surface area (Å²) in [5.74, 6) is -0.103. The maximum absolute atomic E-state index is 12.9. The zero-order valence-corrected chi connectivity index (χ0v) is 17.3. The van der Waals surface area contributed by atoms with Gasteiger partial charge in [0.25, 0.3) is 5.91 Å². The maximum Gasteiger partial charge on any atom is 0.254 e. The van der Waals surface area contributed by atoms with Crippen LogP contribution in [0.5, 0.6) is 0 Å². The van der Waals surface area contributed by atoms with Crippen LogP contribution in [0.2, 0.25) is 0 Å². The molecule has 0 atom stereocenters. The van der Waals surface area contributed by atoms with Gasteiger partial charge in [0.05, 0.1) is 12.2 Å². The summed E-state index contributed by atoms with van der Waals surface area (Å²) >= 11 is 1.58. The van der Waals surface area contributed by atoms with Crippen molar-refractivity contribution in [3.8, 4) is 0 Å². The molecule has 5 nitrogen and oxygen atoms in total. The SMILES string of the molecule is COCCNC(=O)c1c(NC(=O)C2C(C)(C)C2(C)C)sc2c1CCCC2. The lowest BCUT2D eigenvalue weighted by atomic mass is 9.95. The number of thiophene rings is 1. The van der Waals surface area contributed by atoms with Crippen LogP contribution in [0.1, 0.15) is 61.3 Å². The van der Waals surface area contributed by atoms with Crippen molar-refractivity contribution in [2.75, 3.05) is 25.6 Å². The number of amides is 2. The first-order valence-corrected chi connectivity index (χ1v) is 10.3. The molecule has 0 bridgehead atoms. The van der Waals surface area contributed by atoms with Gasteiger partial charge in [0, 0.05) is 24.4 Å². The molecule has 0 aromatic carbocycles. The minimum atomic E-state index is -0.105. The molecule has 0 unspecified atom stereocenters. The first kappa shape index (κ1) is 19.4. The molecule has 1 aromatic heterocycles. The van der Waals surface area contributed by atoms with E-state index in [1.54, 1.807) is 18.4 Å². The topological polar surface area (TPSA) is 67.4 Å². The van der Waals surface area contributed by atoms with Crippen molar-refractivity contribution in [2.45, 2.75) is 53.4 Å². The van der Waals surface area contributed by atoms with Crippen LogP contribution in [0.25, 0.3) is 0 Å². The largest absolute Gasteiger partial charge is 0.383 e. The average Bonchev–Trinajstić information content (AvgIpc) is 2.84. The summed E-state index contributed by atoms with van der Waals surface area (Å²) in [7, 11) is 1.61. The van der Waals surface area contributed by atoms with Gasteiger partial charge in [0.15, 0.2) is 0 Å². The number of hydrogen-bond donors (Lipinski definition) is 2. The van der Waals surface area contributed by atoms with Gasteiger partial charge in [0.2, 0.25) is 5.91 Å². The zero-order chi connectivity index (χ0) is 19.1. The van der Waals surface area contributed by atoms with E-state index in [0.29, 0.717) is 18.7 Å². The van der Waals surface area contributed by atoms with Gasteiger partial charge >= 0.3 is 0 Å². The second-order valence-electron chi connectivity index (χ2n) is 8.53. The number of rotatable bonds is 6. The molecule has 0 saturated heterocycles. The molecule has 0 radical (unpaired) electrons. The van der Waals surface area contributed by atoms with Crippen LogP contribution in [0.4, 0.5) is 5.00 Å². The molecule has 6 heteroatoms. The Bertz CT molecular complexity index is 707. The monoisotopic (exact) mass is 378 g/mol. The second kappa shape index (κ2) is 6.97. The average molecular weight is 379 g/mol. The lowest BCUT2D eigenvalue weighted by Crippen LogP contribution is -2.29. The first-order valence-electron chi connectivity index (χ1n) is 9.44. The highest BCUT2D eigenvalue weighted by Crippen LogP contribution is 2.68. The Morgan fingerprint density at radius 1 is 1.15 bits per heavy atom. The Kier molecular flexibility index (Phi) is 5.19. The highest BCUT2D eigenvalue weighted by molar-refractivity contribution is 7.17. The van der Waals surface area contributed by atoms with E-state index in [1.165, 1.54) is 4.88 Å². The summed E-state index contributed by atoms with van der Waals surface area (Å²) in [5, 5.41) is 6.74. The van der Waals surface area contributed by atoms with Crippen LogP contribution in [0.15, 0.2) is 0 Å². The fourth-order valence-corrected chi connectivity index (χ4v) is 5.57. The minimum Gasteiger partial charge on any atom is -0.383 e. The first-order chi connectivity index (χ1) is 12.2. The number of ether oxygens (including phenoxy) is 1. The Balaban J connectivity index is 1.83. The van der Waals surface area contributed by atoms with E-state index in [1.807, 2.05) is 0 Å². The van der Waals surface area contributed by atoms with Crippen molar-refractivity contribution in [3.63, 3.8) is 0 Å². The van der Waals surface area contributed by atoms with Gasteiger partial charge in [-0.3, -0.25) is 9.59 Å². The number of carbonyl (C=O) groups excluding carboxylic acids is 2. The molecule has 0 spiro atoms. The van der Waals surface area contributed by atoms with E-state index in [-0.39, 0.29) is 28.6 Å². The van der Waals surface area contributed by atoms with E-state index in [9.17, 15) is 9.59 Å². The quantitative estimate of drug-likeness (QED) is 0.743. The third-order valence-electron chi connectivity index (χ3n) is 6.51. The van der Waals surface area contributed by atoms with Gasteiger partial charge in [-0.25, -0.2) is 0 Å². The number of aryl methyl sites for hydroxylation is 1. The summed E-state index contributed by atoms with van der Waals surface area (Å²) in [5.41, 5.74) is 1.76. The maximum atomic E-state index is 12.9. The van der Waals surface area contributed by atoms with E-state index >= 15 is 0 Å². The third-order valence-corrected chi connectivity index (χ3v) is 7.72. The van der Waals surface area contributed by atoms with Crippen molar-refractivity contribution in [2.24, 2.45) is 16.7 Å². The molecule has 2 aliphatic rings. The standard InChI is InChI=1S/C20H30N2O3S/c1-19(2)15(20(19,3)4)17(24)22-18-14(16(23)21-10-11-25-5)12-8-6-7-9-13(12)26-18/h15H,6-11H2,1-5H3,(H,21,23)(H,22,24). The molecular formula is C20H30N2O3S. The summed E-state index contributed by atoms with van der Waals surface area (Å²) in [6, 6.07) is 0. The number of carbonyl (C=O) groups is 2. The molecule has 2 N–H and O–H groups in total. The van der Waals surface area contributed by atoms with E-state index in [0.717, 1.165) is 36.2 Å². The van der Waals surface area contributed by atoms with Gasteiger partial charge in [0.1, 0.15) is 5.00 Å². The zero-order valence-electron chi connectivity index (χ0n) is 16.5. The molecule has 3 rings (SSSR count). The number of hydrogen-bond acceptors (Lipinski definition) is 4. The molecule has 144 valence electrons. The van der Waals surface area contributed by atoms with Crippen LogP contribution >= 0.6 is 11.3 Å². The minimum absolute atomic E-state index is 0.0190. The van der Waals surface area contributed by atoms with Crippen molar-refractivity contribution < 1.29 is 14.3 Å². The van der Waals surface area contributed by atoms with Crippen LogP contribution in [0, 0.1) is 16.7 Å². The molecular weight excluding hydrogens is 348 g/mol. The smallest absolute Gasteiger partial charge is 0.254 e. The summed E-state index contributed by atoms with van der Waals surface area (Å²) in [6.07, 6.45) is 4.15. The number of methoxy groups -OCH3 is 1. The van der Waals surface area contributed by atoms with Crippen LogP contribution in [-0.2, 0) is 22.4 Å². The van der Waals surface area contributed by atoms with Crippen LogP contribution in [-0.4, -0.2) is 32.1 Å². The number of nitrogens with one attached hydrogen (secondary N) is 2. The van der Waals surface area contributed by atoms with Crippen molar-refractivity contribution in [1.29, 1.82) is 0 Å². The van der Waals surface area contributed by atoms with Gasteiger partial charge in [-0.1, -0.05) is 27.7 Å². The van der Waals surface area contributed by atoms with Gasteiger partial charge < -0.3 is 15.4 Å². The fourth-order valence-electron chi connectivity index (χ4n) is 4.29. The highest BCUT2D eigenvalue weighted by atomic mass is 32.1. The van der Waals surface area contributed by atoms with Crippen LogP contribution < -0.4 is 10.6 Å². The van der Waals surface area contributed by atoms with E-state index < -0.39 is 0 Å². The molecule has 1 fully saturated rings. The Morgan fingerprint density at radius 3 is 2.42 bits per heavy atom. The van der Waals surface area contributed by atoms with Crippen LogP contribution in [0.3, 0.4) is 0 Å². The van der Waals surface area contributed by atoms with Crippen molar-refractivity contribution in [1.82, 2.24) is 5.32 Å². The Morgan fingerprint density at radius 2 is 1.81 bits per heavy atom. The summed E-state index contributed by atoms with van der Waals surface area (Å²) in [4.78, 5) is 26.9. The predicted molar refractivity (Wildman–Crippen MR) is 105 cm³/mol. The predicted octanol–water partition coefficient (Wildman–Crippen LogP) is 3.62. The lowest BCUT2D eigenvalue weighted by molar-refractivity contribution is -0.118. The number of anilines is 1. The van der Waals surface area contributed by atoms with Gasteiger partial charge in [-0.2, -0.15) is 0 Å². The van der Waals surface area contributed by atoms with E-state index in [2.05, 4.69) is 38.3 Å². The van der Waals surface area contributed by atoms with Gasteiger partial charge in [-0.05, 0) is 42.1 Å². The third kappa shape index (κ3) is 3.18. The number of fused-ring (bicyclic) bond motifs is 1. The summed E-state index contributed by atoms with van der Waals surface area (Å²) < 4.78 is 5.02. The molecule has 1 heterocycles. The van der Waals surface area contributed by atoms with E-state index in [4.69, 9.17) is 4.74 Å². The molecule has 26 heavy (non-hydrogen) atoms. The summed E-state index contributed by atoms with van der Waals surface area (Å²) in [6.45, 7) is 9.48.